The summed E-state index contributed by atoms with van der Waals surface area (Å²) in [4.78, 5) is 0. The molecule has 0 spiro atoms. The monoisotopic (exact) mass is 602 g/mol. The van der Waals surface area contributed by atoms with Crippen LogP contribution in [-0.2, 0) is 15.1 Å². The third-order valence-corrected chi connectivity index (χ3v) is 0. The van der Waals surface area contributed by atoms with Crippen LogP contribution in [0.15, 0.2) is 0 Å². The van der Waals surface area contributed by atoms with Crippen molar-refractivity contribution in [2.45, 2.75) is 0 Å². The van der Waals surface area contributed by atoms with E-state index >= 15 is 0 Å². The molecular weight excluding hydrogens is 591 g/mol. The van der Waals surface area contributed by atoms with Gasteiger partial charge < -0.3 is 0 Å². The molecule has 0 bridgehead atoms. The molecule has 0 aromatic rings. The van der Waals surface area contributed by atoms with E-state index in [-0.39, 0.29) is 59.5 Å². The molecule has 8 radical (unpaired) electrons. The number of hydrogen-bond acceptors (Lipinski definition) is 8. The summed E-state index contributed by atoms with van der Waals surface area (Å²) < 4.78 is 68.0. The minimum absolute atomic E-state index is 0. The first-order chi connectivity index (χ1) is 5.66. The Morgan fingerprint density at radius 3 is 0.500 bits per heavy atom. The quantitative estimate of drug-likeness (QED) is 0.197. The third kappa shape index (κ3) is 1890. The van der Waals surface area contributed by atoms with E-state index in [4.69, 9.17) is 31.6 Å². The van der Waals surface area contributed by atoms with E-state index < -0.39 is 62.8 Å². The summed E-state index contributed by atoms with van der Waals surface area (Å²) in [6, 6.07) is 0. The van der Waals surface area contributed by atoms with Crippen LogP contribution in [0.2, 0.25) is 0 Å². The Balaban J connectivity index is -0.00000000533. The van der Waals surface area contributed by atoms with Gasteiger partial charge in [-0.3, -0.25) is 18.8 Å². The predicted octanol–water partition coefficient (Wildman–Crippen LogP) is -6.91. The minimum atomic E-state index is -2.00. The molecule has 0 unspecified atom stereocenters. The molecule has 0 heterocycles. The van der Waals surface area contributed by atoms with Gasteiger partial charge in [0, 0.05) is 17.6 Å². The molecular formula is H4F4Ge5MgO8-2. The second kappa shape index (κ2) is 184. The number of rotatable bonds is 0. The first-order valence-corrected chi connectivity index (χ1v) is 8.49. The van der Waals surface area contributed by atoms with Crippen LogP contribution in [0.1, 0.15) is 0 Å². The van der Waals surface area contributed by atoms with Gasteiger partial charge >= 0.3 is 118 Å². The maximum absolute atomic E-state index is 8.50. The second-order valence-corrected chi connectivity index (χ2v) is 1.73. The van der Waals surface area contributed by atoms with Gasteiger partial charge in [-0.25, -0.2) is 0 Å². The summed E-state index contributed by atoms with van der Waals surface area (Å²) in [7, 11) is 0. The molecule has 0 aromatic carbocycles. The normalized spacial score (nSPS) is 2.67. The van der Waals surface area contributed by atoms with Gasteiger partial charge in [-0.1, -0.05) is 0 Å². The molecule has 0 fully saturated rings. The van der Waals surface area contributed by atoms with Crippen LogP contribution in [0.5, 0.6) is 0 Å². The zero-order chi connectivity index (χ0) is 10.8. The summed E-state index contributed by atoms with van der Waals surface area (Å²) in [5, 5.41) is 0. The Hall–Kier alpha value is 1.60. The van der Waals surface area contributed by atoms with Crippen molar-refractivity contribution >= 4 is 103 Å². The van der Waals surface area contributed by atoms with Gasteiger partial charge in [0.2, 0.25) is 0 Å². The summed E-state index contributed by atoms with van der Waals surface area (Å²) in [6.45, 7) is 0. The third-order valence-electron chi connectivity index (χ3n) is 0. The van der Waals surface area contributed by atoms with Gasteiger partial charge in [-0.15, -0.1) is 0 Å². The Labute approximate surface area is 152 Å². The molecule has 0 amide bonds. The Kier molecular flexibility index (Phi) is 751. The first-order valence-electron chi connectivity index (χ1n) is 1.63. The fourth-order valence-corrected chi connectivity index (χ4v) is 0. The van der Waals surface area contributed by atoms with E-state index in [9.17, 15) is 0 Å². The molecule has 0 aliphatic rings. The zero-order valence-corrected chi connectivity index (χ0v) is 20.0. The Morgan fingerprint density at radius 2 is 0.500 bits per heavy atom. The summed E-state index contributed by atoms with van der Waals surface area (Å²) in [5.74, 6) is 0. The summed E-state index contributed by atoms with van der Waals surface area (Å²) in [5.41, 5.74) is 0. The molecule has 18 heavy (non-hydrogen) atoms. The predicted molar refractivity (Wildman–Crippen MR) is 47.3 cm³/mol. The zero-order valence-electron chi connectivity index (χ0n) is 8.11. The average molecular weight is 595 g/mol. The first kappa shape index (κ1) is 73.6. The second-order valence-electron chi connectivity index (χ2n) is 0.333. The van der Waals surface area contributed by atoms with Crippen molar-refractivity contribution in [1.29, 1.82) is 0 Å². The van der Waals surface area contributed by atoms with E-state index in [1.165, 1.54) is 0 Å². The van der Waals surface area contributed by atoms with Crippen LogP contribution in [0.4, 0.5) is 18.8 Å². The molecule has 0 aliphatic carbocycles. The average Bonchev–Trinajstić information content (AvgIpc) is 1.92. The maximum atomic E-state index is 8.50. The van der Waals surface area contributed by atoms with Crippen LogP contribution in [0.3, 0.4) is 0 Å². The Bertz CT molecular complexity index is 85.5. The van der Waals surface area contributed by atoms with Gasteiger partial charge in [0.05, 0.1) is 0 Å². The van der Waals surface area contributed by atoms with Gasteiger partial charge in [0.25, 0.3) is 0 Å². The van der Waals surface area contributed by atoms with Crippen molar-refractivity contribution in [2.75, 3.05) is 0 Å². The van der Waals surface area contributed by atoms with E-state index in [0.29, 0.717) is 0 Å². The van der Waals surface area contributed by atoms with Crippen LogP contribution in [0.25, 0.3) is 0 Å². The van der Waals surface area contributed by atoms with Gasteiger partial charge in [0.15, 0.2) is 0 Å². The molecule has 18 heteroatoms. The number of hydrogen-bond donors (Lipinski definition) is 0. The number of halogens is 4. The van der Waals surface area contributed by atoms with Gasteiger partial charge in [-0.05, 0) is 0 Å². The molecule has 0 saturated heterocycles. The standard InChI is InChI=1S/4FH.4GeO2.Ge.Mg/c;;;;4*2-1-3;;/h4*1H;;;;;;/q;;;;4*-1;;+2. The molecule has 0 aromatic heterocycles. The van der Waals surface area contributed by atoms with Crippen molar-refractivity contribution in [2.24, 2.45) is 0 Å². The molecule has 0 rings (SSSR count). The molecule has 0 atom stereocenters. The van der Waals surface area contributed by atoms with E-state index in [2.05, 4.69) is 0 Å². The molecule has 104 valence electrons. The SMILES string of the molecule is F.F.F.F.[Ge].[Mg+2].[O]=[Ge][O-].[O]=[Ge][O-].[O]=[Ge][O-].[O]=[Ge][O-]. The van der Waals surface area contributed by atoms with E-state index in [0.717, 1.165) is 0 Å². The molecule has 0 N–H and O–H groups in total. The van der Waals surface area contributed by atoms with Crippen molar-refractivity contribution in [3.8, 4) is 0 Å². The fourth-order valence-electron chi connectivity index (χ4n) is 0. The van der Waals surface area contributed by atoms with Gasteiger partial charge in [-0.2, -0.15) is 0 Å². The van der Waals surface area contributed by atoms with Crippen molar-refractivity contribution in [3.05, 3.63) is 0 Å². The summed E-state index contributed by atoms with van der Waals surface area (Å²) >= 11 is -8.00. The van der Waals surface area contributed by atoms with Crippen molar-refractivity contribution in [3.63, 3.8) is 0 Å². The van der Waals surface area contributed by atoms with E-state index in [1.54, 1.807) is 0 Å². The van der Waals surface area contributed by atoms with E-state index in [1.807, 2.05) is 0 Å². The van der Waals surface area contributed by atoms with Crippen molar-refractivity contribution in [1.82, 2.24) is 0 Å². The van der Waals surface area contributed by atoms with Crippen LogP contribution in [-0.4, -0.2) is 103 Å². The molecule has 0 saturated carbocycles. The Morgan fingerprint density at radius 1 is 0.500 bits per heavy atom. The van der Waals surface area contributed by atoms with Crippen molar-refractivity contribution < 1.29 is 50.5 Å². The molecule has 8 nitrogen and oxygen atoms in total. The van der Waals surface area contributed by atoms with Crippen LogP contribution >= 0.6 is 0 Å². The fraction of sp³-hybridized carbons (Fsp3) is 0. The van der Waals surface area contributed by atoms with Gasteiger partial charge in [0.1, 0.15) is 0 Å². The summed E-state index contributed by atoms with van der Waals surface area (Å²) in [6.07, 6.45) is 0. The van der Waals surface area contributed by atoms with Crippen LogP contribution in [0, 0.1) is 0 Å². The topological polar surface area (TPSA) is 161 Å². The molecule has 0 aliphatic heterocycles. The van der Waals surface area contributed by atoms with Crippen LogP contribution < -0.4 is 16.5 Å².